The summed E-state index contributed by atoms with van der Waals surface area (Å²) in [6.45, 7) is 2.01. The Hall–Kier alpha value is -3.45. The Morgan fingerprint density at radius 2 is 1.89 bits per heavy atom. The second-order valence-corrected chi connectivity index (χ2v) is 6.13. The molecule has 142 valence electrons. The lowest BCUT2D eigenvalue weighted by Gasteiger charge is -2.08. The molecule has 0 radical (unpaired) electrons. The van der Waals surface area contributed by atoms with E-state index in [0.717, 1.165) is 5.56 Å². The molecule has 2 heterocycles. The van der Waals surface area contributed by atoms with Crippen LogP contribution < -0.4 is 10.2 Å². The molecule has 4 rings (SSSR count). The summed E-state index contributed by atoms with van der Waals surface area (Å²) in [4.78, 5) is 12.4. The molecule has 0 fully saturated rings. The van der Waals surface area contributed by atoms with Crippen LogP contribution in [0.3, 0.4) is 0 Å². The van der Waals surface area contributed by atoms with Crippen LogP contribution in [-0.4, -0.2) is 34.8 Å². The maximum Gasteiger partial charge on any atom is 0.193 e. The van der Waals surface area contributed by atoms with Crippen LogP contribution in [0.5, 0.6) is 5.75 Å². The van der Waals surface area contributed by atoms with E-state index >= 15 is 0 Å². The monoisotopic (exact) mass is 377 g/mol. The van der Waals surface area contributed by atoms with Crippen LogP contribution in [0.2, 0.25) is 0 Å². The Labute approximate surface area is 161 Å². The molecule has 0 unspecified atom stereocenters. The number of nitrogens with zero attached hydrogens (tertiary/aromatic N) is 3. The third kappa shape index (κ3) is 4.27. The Kier molecular flexibility index (Phi) is 5.44. The van der Waals surface area contributed by atoms with Crippen molar-refractivity contribution >= 4 is 11.0 Å². The molecule has 0 aliphatic heterocycles. The van der Waals surface area contributed by atoms with Gasteiger partial charge in [-0.15, -0.1) is 5.10 Å². The van der Waals surface area contributed by atoms with Crippen molar-refractivity contribution in [3.8, 4) is 17.1 Å². The molecule has 0 aliphatic carbocycles. The molecule has 0 atom stereocenters. The van der Waals surface area contributed by atoms with Crippen LogP contribution in [0.25, 0.3) is 22.3 Å². The highest BCUT2D eigenvalue weighted by Gasteiger charge is 2.08. The average Bonchev–Trinajstić information content (AvgIpc) is 3.24. The van der Waals surface area contributed by atoms with Crippen LogP contribution in [0, 0.1) is 0 Å². The lowest BCUT2D eigenvalue weighted by Crippen LogP contribution is -2.11. The Bertz CT molecular complexity index is 1090. The van der Waals surface area contributed by atoms with Gasteiger partial charge < -0.3 is 13.9 Å². The van der Waals surface area contributed by atoms with Gasteiger partial charge in [-0.25, -0.2) is 0 Å². The summed E-state index contributed by atoms with van der Waals surface area (Å²) < 4.78 is 18.9. The van der Waals surface area contributed by atoms with E-state index in [1.165, 1.54) is 6.07 Å². The van der Waals surface area contributed by atoms with Crippen LogP contribution >= 0.6 is 0 Å². The van der Waals surface area contributed by atoms with Gasteiger partial charge in [-0.05, 0) is 12.1 Å². The van der Waals surface area contributed by atoms with Crippen LogP contribution in [0.1, 0.15) is 0 Å². The number of aromatic nitrogens is 3. The lowest BCUT2D eigenvalue weighted by atomic mass is 10.1. The quantitative estimate of drug-likeness (QED) is 0.439. The van der Waals surface area contributed by atoms with Crippen molar-refractivity contribution in [3.05, 3.63) is 77.2 Å². The standard InChI is InChI=1S/C21H19N3O4/c25-19-15-20(16-4-2-1-3-5-16)28-21-14-17(6-7-18(19)21)27-13-12-26-11-10-24-9-8-22-23-24/h1-9,14-15H,10-13H2. The van der Waals surface area contributed by atoms with Crippen molar-refractivity contribution in [2.24, 2.45) is 0 Å². The first-order valence-corrected chi connectivity index (χ1v) is 8.97. The van der Waals surface area contributed by atoms with Gasteiger partial charge in [0.25, 0.3) is 0 Å². The molecule has 0 saturated heterocycles. The fourth-order valence-corrected chi connectivity index (χ4v) is 2.80. The lowest BCUT2D eigenvalue weighted by molar-refractivity contribution is 0.0923. The summed E-state index contributed by atoms with van der Waals surface area (Å²) in [6, 6.07) is 16.3. The first-order valence-electron chi connectivity index (χ1n) is 8.97. The van der Waals surface area contributed by atoms with E-state index in [0.29, 0.717) is 48.8 Å². The molecular weight excluding hydrogens is 358 g/mol. The van der Waals surface area contributed by atoms with Gasteiger partial charge in [-0.3, -0.25) is 9.48 Å². The molecule has 2 aromatic carbocycles. The van der Waals surface area contributed by atoms with Crippen LogP contribution in [-0.2, 0) is 11.3 Å². The number of rotatable bonds is 8. The molecule has 28 heavy (non-hydrogen) atoms. The molecule has 7 heteroatoms. The van der Waals surface area contributed by atoms with E-state index < -0.39 is 0 Å². The van der Waals surface area contributed by atoms with E-state index in [4.69, 9.17) is 13.9 Å². The van der Waals surface area contributed by atoms with Gasteiger partial charge in [0.1, 0.15) is 23.7 Å². The van der Waals surface area contributed by atoms with Crippen molar-refractivity contribution in [3.63, 3.8) is 0 Å². The zero-order valence-electron chi connectivity index (χ0n) is 15.2. The van der Waals surface area contributed by atoms with Crippen molar-refractivity contribution in [2.75, 3.05) is 19.8 Å². The second-order valence-electron chi connectivity index (χ2n) is 6.13. The van der Waals surface area contributed by atoms with Gasteiger partial charge in [-0.2, -0.15) is 0 Å². The van der Waals surface area contributed by atoms with Gasteiger partial charge in [0.05, 0.1) is 31.3 Å². The highest BCUT2D eigenvalue weighted by molar-refractivity contribution is 5.80. The van der Waals surface area contributed by atoms with E-state index in [-0.39, 0.29) is 5.43 Å². The summed E-state index contributed by atoms with van der Waals surface area (Å²) in [5.41, 5.74) is 1.27. The molecular formula is C21H19N3O4. The molecule has 2 aromatic heterocycles. The summed E-state index contributed by atoms with van der Waals surface area (Å²) in [6.07, 6.45) is 3.41. The molecule has 0 saturated carbocycles. The summed E-state index contributed by atoms with van der Waals surface area (Å²) in [5, 5.41) is 8.13. The zero-order valence-corrected chi connectivity index (χ0v) is 15.2. The van der Waals surface area contributed by atoms with E-state index in [1.54, 1.807) is 35.3 Å². The topological polar surface area (TPSA) is 79.4 Å². The number of fused-ring (bicyclic) bond motifs is 1. The summed E-state index contributed by atoms with van der Waals surface area (Å²) >= 11 is 0. The van der Waals surface area contributed by atoms with Crippen molar-refractivity contribution < 1.29 is 13.9 Å². The molecule has 0 aliphatic rings. The summed E-state index contributed by atoms with van der Waals surface area (Å²) in [7, 11) is 0. The van der Waals surface area contributed by atoms with Gasteiger partial charge in [0.2, 0.25) is 0 Å². The van der Waals surface area contributed by atoms with E-state index in [9.17, 15) is 4.79 Å². The largest absolute Gasteiger partial charge is 0.491 e. The highest BCUT2D eigenvalue weighted by Crippen LogP contribution is 2.24. The van der Waals surface area contributed by atoms with Crippen LogP contribution in [0.15, 0.2) is 76.2 Å². The molecule has 0 spiro atoms. The number of benzene rings is 2. The Morgan fingerprint density at radius 1 is 1.00 bits per heavy atom. The van der Waals surface area contributed by atoms with E-state index in [1.807, 2.05) is 30.3 Å². The molecule has 0 bridgehead atoms. The molecule has 0 amide bonds. The first-order chi connectivity index (χ1) is 13.8. The number of hydrogen-bond donors (Lipinski definition) is 0. The number of ether oxygens (including phenoxy) is 2. The minimum atomic E-state index is -0.0805. The van der Waals surface area contributed by atoms with Crippen molar-refractivity contribution in [1.29, 1.82) is 0 Å². The van der Waals surface area contributed by atoms with Crippen molar-refractivity contribution in [1.82, 2.24) is 15.0 Å². The highest BCUT2D eigenvalue weighted by atomic mass is 16.5. The Balaban J connectivity index is 1.38. The zero-order chi connectivity index (χ0) is 19.2. The SMILES string of the molecule is O=c1cc(-c2ccccc2)oc2cc(OCCOCCn3ccnn3)ccc12. The van der Waals surface area contributed by atoms with Gasteiger partial charge in [-0.1, -0.05) is 35.5 Å². The fourth-order valence-electron chi connectivity index (χ4n) is 2.80. The predicted molar refractivity (Wildman–Crippen MR) is 104 cm³/mol. The molecule has 4 aromatic rings. The third-order valence-corrected chi connectivity index (χ3v) is 4.19. The Morgan fingerprint density at radius 3 is 2.71 bits per heavy atom. The van der Waals surface area contributed by atoms with Gasteiger partial charge >= 0.3 is 0 Å². The maximum atomic E-state index is 12.4. The van der Waals surface area contributed by atoms with E-state index in [2.05, 4.69) is 10.3 Å². The van der Waals surface area contributed by atoms with Gasteiger partial charge in [0.15, 0.2) is 5.43 Å². The smallest absolute Gasteiger partial charge is 0.193 e. The minimum Gasteiger partial charge on any atom is -0.491 e. The third-order valence-electron chi connectivity index (χ3n) is 4.19. The fraction of sp³-hybridized carbons (Fsp3) is 0.190. The first kappa shape index (κ1) is 17.9. The normalized spacial score (nSPS) is 11.0. The van der Waals surface area contributed by atoms with Gasteiger partial charge in [0, 0.05) is 23.9 Å². The molecule has 7 nitrogen and oxygen atoms in total. The minimum absolute atomic E-state index is 0.0805. The maximum absolute atomic E-state index is 12.4. The van der Waals surface area contributed by atoms with Crippen LogP contribution in [0.4, 0.5) is 0 Å². The average molecular weight is 377 g/mol. The number of hydrogen-bond acceptors (Lipinski definition) is 6. The summed E-state index contributed by atoms with van der Waals surface area (Å²) in [5.74, 6) is 1.16. The second kappa shape index (κ2) is 8.49. The molecule has 0 N–H and O–H groups in total. The van der Waals surface area contributed by atoms with Crippen molar-refractivity contribution in [2.45, 2.75) is 6.54 Å². The predicted octanol–water partition coefficient (Wildman–Crippen LogP) is 3.15.